The maximum absolute atomic E-state index is 12.9. The van der Waals surface area contributed by atoms with E-state index in [0.29, 0.717) is 23.5 Å². The van der Waals surface area contributed by atoms with Crippen LogP contribution in [0, 0.1) is 6.92 Å². The highest BCUT2D eigenvalue weighted by molar-refractivity contribution is 7.98. The van der Waals surface area contributed by atoms with Crippen LogP contribution < -0.4 is 5.32 Å². The molecular formula is C17H22N4O2S. The summed E-state index contributed by atoms with van der Waals surface area (Å²) in [5.41, 5.74) is 0.746. The first-order valence-electron chi connectivity index (χ1n) is 8.15. The van der Waals surface area contributed by atoms with Gasteiger partial charge in [-0.3, -0.25) is 4.79 Å². The topological polar surface area (TPSA) is 71.3 Å². The molecule has 24 heavy (non-hydrogen) atoms. The Labute approximate surface area is 146 Å². The Balaban J connectivity index is 1.72. The van der Waals surface area contributed by atoms with Gasteiger partial charge in [-0.15, -0.1) is 11.8 Å². The first-order valence-corrected chi connectivity index (χ1v) is 9.13. The summed E-state index contributed by atoms with van der Waals surface area (Å²) in [5.74, 6) is 1.86. The average Bonchev–Trinajstić information content (AvgIpc) is 3.05. The number of aromatic nitrogens is 2. The summed E-state index contributed by atoms with van der Waals surface area (Å²) >= 11 is 1.55. The van der Waals surface area contributed by atoms with Gasteiger partial charge in [0.05, 0.1) is 11.3 Å². The van der Waals surface area contributed by atoms with E-state index >= 15 is 0 Å². The van der Waals surface area contributed by atoms with E-state index in [1.54, 1.807) is 18.7 Å². The fraction of sp³-hybridized carbons (Fsp3) is 0.471. The second-order valence-corrected chi connectivity index (χ2v) is 6.92. The molecule has 1 N–H and O–H groups in total. The number of carbonyl (C=O) groups is 1. The minimum atomic E-state index is 0.0970. The van der Waals surface area contributed by atoms with Gasteiger partial charge in [-0.1, -0.05) is 17.3 Å². The van der Waals surface area contributed by atoms with Crippen LogP contribution in [0.1, 0.15) is 34.9 Å². The van der Waals surface area contributed by atoms with E-state index < -0.39 is 0 Å². The van der Waals surface area contributed by atoms with Crippen molar-refractivity contribution in [1.82, 2.24) is 20.4 Å². The van der Waals surface area contributed by atoms with Gasteiger partial charge in [-0.2, -0.15) is 4.98 Å². The maximum atomic E-state index is 12.9. The molecule has 0 bridgehead atoms. The standard InChI is InChI=1S/C17H22N4O2S/c1-12-19-16(23-20-12)11-24-15-8-4-3-7-14(15)17(22)21-9-5-6-13(10-21)18-2/h3-4,7-8,13,18H,5-6,9-11H2,1-2H3. The second-order valence-electron chi connectivity index (χ2n) is 5.90. The smallest absolute Gasteiger partial charge is 0.255 e. The first-order chi connectivity index (χ1) is 11.7. The van der Waals surface area contributed by atoms with Crippen molar-refractivity contribution in [2.45, 2.75) is 36.5 Å². The molecule has 128 valence electrons. The Bertz CT molecular complexity index is 703. The van der Waals surface area contributed by atoms with Crippen LogP contribution in [-0.4, -0.2) is 47.1 Å². The summed E-state index contributed by atoms with van der Waals surface area (Å²) in [6.07, 6.45) is 2.15. The SMILES string of the molecule is CNC1CCCN(C(=O)c2ccccc2SCc2nc(C)no2)C1. The van der Waals surface area contributed by atoms with E-state index in [9.17, 15) is 4.79 Å². The van der Waals surface area contributed by atoms with Crippen LogP contribution in [0.5, 0.6) is 0 Å². The van der Waals surface area contributed by atoms with Crippen molar-refractivity contribution in [2.75, 3.05) is 20.1 Å². The van der Waals surface area contributed by atoms with Gasteiger partial charge in [-0.25, -0.2) is 0 Å². The third kappa shape index (κ3) is 3.96. The Morgan fingerprint density at radius 2 is 2.29 bits per heavy atom. The molecule has 1 saturated heterocycles. The Hall–Kier alpha value is -1.86. The van der Waals surface area contributed by atoms with Gasteiger partial charge in [0.1, 0.15) is 0 Å². The molecule has 1 aliphatic heterocycles. The molecule has 1 unspecified atom stereocenters. The van der Waals surface area contributed by atoms with Crippen molar-refractivity contribution in [3.05, 3.63) is 41.5 Å². The summed E-state index contributed by atoms with van der Waals surface area (Å²) < 4.78 is 5.15. The normalized spacial score (nSPS) is 17.9. The molecule has 1 aromatic carbocycles. The number of benzene rings is 1. The monoisotopic (exact) mass is 346 g/mol. The number of likely N-dealkylation sites (tertiary alicyclic amines) is 1. The van der Waals surface area contributed by atoms with Gasteiger partial charge < -0.3 is 14.7 Å². The number of hydrogen-bond acceptors (Lipinski definition) is 6. The van der Waals surface area contributed by atoms with Gasteiger partial charge in [-0.05, 0) is 38.9 Å². The molecule has 3 rings (SSSR count). The van der Waals surface area contributed by atoms with Gasteiger partial charge in [0, 0.05) is 24.0 Å². The lowest BCUT2D eigenvalue weighted by Crippen LogP contribution is -2.47. The number of nitrogens with zero attached hydrogens (tertiary/aromatic N) is 3. The van der Waals surface area contributed by atoms with Crippen LogP contribution in [0.2, 0.25) is 0 Å². The highest BCUT2D eigenvalue weighted by Gasteiger charge is 2.25. The van der Waals surface area contributed by atoms with Crippen molar-refractivity contribution >= 4 is 17.7 Å². The van der Waals surface area contributed by atoms with Gasteiger partial charge in [0.15, 0.2) is 5.82 Å². The van der Waals surface area contributed by atoms with Gasteiger partial charge in [0.2, 0.25) is 5.89 Å². The van der Waals surface area contributed by atoms with E-state index in [0.717, 1.165) is 36.4 Å². The quantitative estimate of drug-likeness (QED) is 0.839. The fourth-order valence-electron chi connectivity index (χ4n) is 2.87. The second kappa shape index (κ2) is 7.81. The summed E-state index contributed by atoms with van der Waals surface area (Å²) in [4.78, 5) is 20.0. The van der Waals surface area contributed by atoms with E-state index in [1.165, 1.54) is 0 Å². The molecule has 2 aromatic rings. The lowest BCUT2D eigenvalue weighted by molar-refractivity contribution is 0.0694. The molecule has 6 nitrogen and oxygen atoms in total. The molecule has 0 radical (unpaired) electrons. The van der Waals surface area contributed by atoms with Crippen molar-refractivity contribution < 1.29 is 9.32 Å². The van der Waals surface area contributed by atoms with Gasteiger partial charge in [0.25, 0.3) is 5.91 Å². The number of hydrogen-bond donors (Lipinski definition) is 1. The Morgan fingerprint density at radius 3 is 3.04 bits per heavy atom. The van der Waals surface area contributed by atoms with E-state index in [1.807, 2.05) is 36.2 Å². The predicted molar refractivity (Wildman–Crippen MR) is 93.0 cm³/mol. The summed E-state index contributed by atoms with van der Waals surface area (Å²) in [6, 6.07) is 8.11. The third-order valence-corrected chi connectivity index (χ3v) is 5.21. The molecule has 1 aromatic heterocycles. The van der Waals surface area contributed by atoms with E-state index in [-0.39, 0.29) is 5.91 Å². The fourth-order valence-corrected chi connectivity index (χ4v) is 3.76. The summed E-state index contributed by atoms with van der Waals surface area (Å²) in [6.45, 7) is 3.37. The number of aryl methyl sites for hydroxylation is 1. The van der Waals surface area contributed by atoms with Crippen LogP contribution in [-0.2, 0) is 5.75 Å². The van der Waals surface area contributed by atoms with E-state index in [4.69, 9.17) is 4.52 Å². The molecule has 1 atom stereocenters. The van der Waals surface area contributed by atoms with Crippen molar-refractivity contribution in [2.24, 2.45) is 0 Å². The number of carbonyl (C=O) groups excluding carboxylic acids is 1. The molecule has 0 saturated carbocycles. The number of rotatable bonds is 5. The summed E-state index contributed by atoms with van der Waals surface area (Å²) in [5, 5.41) is 7.07. The molecule has 1 fully saturated rings. The zero-order valence-corrected chi connectivity index (χ0v) is 14.8. The van der Waals surface area contributed by atoms with Crippen LogP contribution in [0.4, 0.5) is 0 Å². The Kier molecular flexibility index (Phi) is 5.52. The van der Waals surface area contributed by atoms with E-state index in [2.05, 4.69) is 15.5 Å². The van der Waals surface area contributed by atoms with Crippen molar-refractivity contribution in [3.8, 4) is 0 Å². The van der Waals surface area contributed by atoms with Crippen LogP contribution in [0.25, 0.3) is 0 Å². The van der Waals surface area contributed by atoms with Crippen molar-refractivity contribution in [3.63, 3.8) is 0 Å². The number of piperidine rings is 1. The predicted octanol–water partition coefficient (Wildman–Crippen LogP) is 2.49. The van der Waals surface area contributed by atoms with Crippen molar-refractivity contribution in [1.29, 1.82) is 0 Å². The molecule has 2 heterocycles. The van der Waals surface area contributed by atoms with Crippen LogP contribution >= 0.6 is 11.8 Å². The molecule has 1 amide bonds. The average molecular weight is 346 g/mol. The highest BCUT2D eigenvalue weighted by Crippen LogP contribution is 2.27. The molecule has 7 heteroatoms. The number of likely N-dealkylation sites (N-methyl/N-ethyl adjacent to an activating group) is 1. The zero-order chi connectivity index (χ0) is 16.9. The summed E-state index contributed by atoms with van der Waals surface area (Å²) in [7, 11) is 1.95. The number of amides is 1. The zero-order valence-electron chi connectivity index (χ0n) is 14.0. The molecule has 0 spiro atoms. The first kappa shape index (κ1) is 17.0. The molecular weight excluding hydrogens is 324 g/mol. The number of nitrogens with one attached hydrogen (secondary N) is 1. The van der Waals surface area contributed by atoms with Gasteiger partial charge >= 0.3 is 0 Å². The number of thioether (sulfide) groups is 1. The highest BCUT2D eigenvalue weighted by atomic mass is 32.2. The van der Waals surface area contributed by atoms with Crippen LogP contribution in [0.3, 0.4) is 0 Å². The largest absolute Gasteiger partial charge is 0.338 e. The minimum absolute atomic E-state index is 0.0970. The molecule has 0 aliphatic carbocycles. The van der Waals surface area contributed by atoms with Crippen LogP contribution in [0.15, 0.2) is 33.7 Å². The lowest BCUT2D eigenvalue weighted by Gasteiger charge is -2.33. The Morgan fingerprint density at radius 1 is 1.46 bits per heavy atom. The maximum Gasteiger partial charge on any atom is 0.255 e. The minimum Gasteiger partial charge on any atom is -0.338 e. The third-order valence-electron chi connectivity index (χ3n) is 4.16. The molecule has 1 aliphatic rings. The lowest BCUT2D eigenvalue weighted by atomic mass is 10.0.